The highest BCUT2D eigenvalue weighted by Crippen LogP contribution is 2.32. The molecule has 2 aliphatic heterocycles. The average Bonchev–Trinajstić information content (AvgIpc) is 2.90. The number of hydrogen-bond acceptors (Lipinski definition) is 6. The minimum Gasteiger partial charge on any atom is -0.304 e. The van der Waals surface area contributed by atoms with Crippen molar-refractivity contribution in [3.05, 3.63) is 40.6 Å². The van der Waals surface area contributed by atoms with E-state index in [0.717, 1.165) is 37.9 Å². The van der Waals surface area contributed by atoms with Crippen molar-refractivity contribution in [1.82, 2.24) is 20.2 Å². The third-order valence-electron chi connectivity index (χ3n) is 4.41. The lowest BCUT2D eigenvalue weighted by atomic mass is 10.2. The molecule has 1 N–H and O–H groups in total. The van der Waals surface area contributed by atoms with Gasteiger partial charge in [-0.2, -0.15) is 0 Å². The van der Waals surface area contributed by atoms with E-state index in [0.29, 0.717) is 14.8 Å². The highest BCUT2D eigenvalue weighted by atomic mass is 32.2. The van der Waals surface area contributed by atoms with Crippen molar-refractivity contribution in [2.75, 3.05) is 39.8 Å². The molecule has 0 bridgehead atoms. The van der Waals surface area contributed by atoms with Gasteiger partial charge in [-0.3, -0.25) is 19.9 Å². The number of benzene rings is 1. The summed E-state index contributed by atoms with van der Waals surface area (Å²) in [5.41, 5.74) is 3.21. The zero-order valence-electron chi connectivity index (χ0n) is 15.0. The number of likely N-dealkylation sites (N-methyl/N-ethyl adjacent to an activating group) is 1. The Morgan fingerprint density at radius 1 is 1.30 bits per heavy atom. The van der Waals surface area contributed by atoms with E-state index >= 15 is 0 Å². The summed E-state index contributed by atoms with van der Waals surface area (Å²) < 4.78 is 14.2. The zero-order valence-corrected chi connectivity index (χ0v) is 16.6. The molecule has 0 atom stereocenters. The molecule has 2 amide bonds. The first-order chi connectivity index (χ1) is 12.9. The Balaban J connectivity index is 1.55. The van der Waals surface area contributed by atoms with Gasteiger partial charge < -0.3 is 4.90 Å². The van der Waals surface area contributed by atoms with Gasteiger partial charge in [0.15, 0.2) is 0 Å². The van der Waals surface area contributed by atoms with Crippen LogP contribution in [0.5, 0.6) is 0 Å². The number of halogens is 1. The monoisotopic (exact) mass is 408 g/mol. The smallest absolute Gasteiger partial charge is 0.266 e. The van der Waals surface area contributed by atoms with E-state index in [-0.39, 0.29) is 24.8 Å². The molecule has 0 spiro atoms. The van der Waals surface area contributed by atoms with E-state index in [4.69, 9.17) is 12.2 Å². The van der Waals surface area contributed by atoms with Crippen LogP contribution in [-0.2, 0) is 9.59 Å². The van der Waals surface area contributed by atoms with Crippen LogP contribution in [-0.4, -0.2) is 70.7 Å². The summed E-state index contributed by atoms with van der Waals surface area (Å²) in [4.78, 5) is 28.7. The quantitative estimate of drug-likeness (QED) is 0.591. The van der Waals surface area contributed by atoms with Crippen molar-refractivity contribution in [3.8, 4) is 0 Å². The molecule has 2 aliphatic rings. The Bertz CT molecular complexity index is 778. The maximum absolute atomic E-state index is 13.8. The summed E-state index contributed by atoms with van der Waals surface area (Å²) in [5.74, 6) is -0.832. The minimum atomic E-state index is -0.394. The molecule has 0 saturated carbocycles. The third-order valence-corrected chi connectivity index (χ3v) is 5.79. The summed E-state index contributed by atoms with van der Waals surface area (Å²) in [6.45, 7) is 3.55. The van der Waals surface area contributed by atoms with Crippen LogP contribution in [0.15, 0.2) is 29.2 Å². The largest absolute Gasteiger partial charge is 0.304 e. The maximum Gasteiger partial charge on any atom is 0.266 e. The van der Waals surface area contributed by atoms with Gasteiger partial charge in [0.25, 0.3) is 5.91 Å². The SMILES string of the molecule is CN1CCN(NC(=O)CCN2C(=O)C(=Cc3ccccc3F)SC2=S)CC1. The molecule has 0 aromatic heterocycles. The first-order valence-corrected chi connectivity index (χ1v) is 9.89. The van der Waals surface area contributed by atoms with Gasteiger partial charge in [0.05, 0.1) is 4.91 Å². The van der Waals surface area contributed by atoms with E-state index in [9.17, 15) is 14.0 Å². The van der Waals surface area contributed by atoms with Gasteiger partial charge >= 0.3 is 0 Å². The number of carbonyl (C=O) groups is 2. The molecular formula is C18H21FN4O2S2. The molecule has 0 radical (unpaired) electrons. The fraction of sp³-hybridized carbons (Fsp3) is 0.389. The zero-order chi connectivity index (χ0) is 19.4. The molecule has 9 heteroatoms. The van der Waals surface area contributed by atoms with Gasteiger partial charge in [-0.05, 0) is 19.2 Å². The van der Waals surface area contributed by atoms with Gasteiger partial charge in [0.1, 0.15) is 10.1 Å². The van der Waals surface area contributed by atoms with E-state index in [1.165, 1.54) is 17.0 Å². The van der Waals surface area contributed by atoms with Crippen LogP contribution in [0.1, 0.15) is 12.0 Å². The third kappa shape index (κ3) is 5.13. The Labute approximate surface area is 167 Å². The number of thiocarbonyl (C=S) groups is 1. The molecule has 3 rings (SSSR count). The normalized spacial score (nSPS) is 20.5. The first kappa shape index (κ1) is 19.9. The van der Waals surface area contributed by atoms with E-state index < -0.39 is 5.82 Å². The molecule has 2 heterocycles. The van der Waals surface area contributed by atoms with Gasteiger partial charge in [-0.25, -0.2) is 9.40 Å². The number of piperazine rings is 1. The molecule has 6 nitrogen and oxygen atoms in total. The van der Waals surface area contributed by atoms with Crippen molar-refractivity contribution in [2.45, 2.75) is 6.42 Å². The highest BCUT2D eigenvalue weighted by Gasteiger charge is 2.32. The molecule has 0 unspecified atom stereocenters. The molecule has 2 fully saturated rings. The number of carbonyl (C=O) groups excluding carboxylic acids is 2. The van der Waals surface area contributed by atoms with E-state index in [2.05, 4.69) is 10.3 Å². The summed E-state index contributed by atoms with van der Waals surface area (Å²) in [7, 11) is 2.04. The lowest BCUT2D eigenvalue weighted by Crippen LogP contribution is -2.52. The van der Waals surface area contributed by atoms with Crippen LogP contribution in [0, 0.1) is 5.82 Å². The summed E-state index contributed by atoms with van der Waals surface area (Å²) in [6, 6.07) is 6.25. The second-order valence-electron chi connectivity index (χ2n) is 6.43. The average molecular weight is 409 g/mol. The van der Waals surface area contributed by atoms with Crippen LogP contribution in [0.3, 0.4) is 0 Å². The maximum atomic E-state index is 13.8. The van der Waals surface area contributed by atoms with Crippen molar-refractivity contribution in [2.24, 2.45) is 0 Å². The van der Waals surface area contributed by atoms with E-state index in [1.54, 1.807) is 18.2 Å². The Hall–Kier alpha value is -1.81. The Morgan fingerprint density at radius 2 is 2.00 bits per heavy atom. The van der Waals surface area contributed by atoms with Crippen LogP contribution in [0.4, 0.5) is 4.39 Å². The van der Waals surface area contributed by atoms with Crippen LogP contribution in [0.2, 0.25) is 0 Å². The molecular weight excluding hydrogens is 387 g/mol. The Morgan fingerprint density at radius 3 is 2.70 bits per heavy atom. The number of amides is 2. The topological polar surface area (TPSA) is 55.9 Å². The minimum absolute atomic E-state index is 0.147. The molecule has 1 aromatic rings. The number of nitrogens with one attached hydrogen (secondary N) is 1. The second-order valence-corrected chi connectivity index (χ2v) is 8.11. The fourth-order valence-corrected chi connectivity index (χ4v) is 4.09. The van der Waals surface area contributed by atoms with Crippen molar-refractivity contribution < 1.29 is 14.0 Å². The number of hydrogen-bond donors (Lipinski definition) is 1. The summed E-state index contributed by atoms with van der Waals surface area (Å²) in [6.07, 6.45) is 1.66. The summed E-state index contributed by atoms with van der Waals surface area (Å²) >= 11 is 6.38. The fourth-order valence-electron chi connectivity index (χ4n) is 2.79. The number of nitrogens with zero attached hydrogens (tertiary/aromatic N) is 3. The standard InChI is InChI=1S/C18H21FN4O2S2/c1-21-8-10-22(11-9-21)20-16(24)6-7-23-17(25)15(27-18(23)26)12-13-4-2-3-5-14(13)19/h2-5,12H,6-11H2,1H3,(H,20,24). The van der Waals surface area contributed by atoms with Crippen molar-refractivity contribution >= 4 is 46.2 Å². The molecule has 27 heavy (non-hydrogen) atoms. The molecule has 2 saturated heterocycles. The first-order valence-electron chi connectivity index (χ1n) is 8.67. The number of thioether (sulfide) groups is 1. The predicted molar refractivity (Wildman–Crippen MR) is 108 cm³/mol. The van der Waals surface area contributed by atoms with Crippen molar-refractivity contribution in [1.29, 1.82) is 0 Å². The van der Waals surface area contributed by atoms with Gasteiger partial charge in [0, 0.05) is 44.7 Å². The summed E-state index contributed by atoms with van der Waals surface area (Å²) in [5, 5.41) is 1.89. The predicted octanol–water partition coefficient (Wildman–Crippen LogP) is 1.70. The van der Waals surface area contributed by atoms with Crippen LogP contribution < -0.4 is 5.43 Å². The second kappa shape index (κ2) is 8.92. The Kier molecular flexibility index (Phi) is 6.59. The van der Waals surface area contributed by atoms with E-state index in [1.807, 2.05) is 12.1 Å². The lowest BCUT2D eigenvalue weighted by molar-refractivity contribution is -0.127. The highest BCUT2D eigenvalue weighted by molar-refractivity contribution is 8.26. The van der Waals surface area contributed by atoms with Crippen LogP contribution in [0.25, 0.3) is 6.08 Å². The van der Waals surface area contributed by atoms with Crippen LogP contribution >= 0.6 is 24.0 Å². The number of hydrazine groups is 1. The molecule has 144 valence electrons. The molecule has 1 aromatic carbocycles. The van der Waals surface area contributed by atoms with Gasteiger partial charge in [-0.15, -0.1) is 0 Å². The van der Waals surface area contributed by atoms with Gasteiger partial charge in [-0.1, -0.05) is 42.2 Å². The lowest BCUT2D eigenvalue weighted by Gasteiger charge is -2.32. The van der Waals surface area contributed by atoms with Crippen molar-refractivity contribution in [3.63, 3.8) is 0 Å². The molecule has 0 aliphatic carbocycles. The van der Waals surface area contributed by atoms with Gasteiger partial charge in [0.2, 0.25) is 5.91 Å². The number of rotatable bonds is 5.